The molecular weight excluding hydrogens is 164 g/mol. The lowest BCUT2D eigenvalue weighted by atomic mass is 9.99. The van der Waals surface area contributed by atoms with Crippen molar-refractivity contribution in [2.75, 3.05) is 0 Å². The molecule has 0 saturated heterocycles. The largest absolute Gasteiger partial charge is 0.294 e. The van der Waals surface area contributed by atoms with Gasteiger partial charge in [-0.15, -0.1) is 0 Å². The predicted molar refractivity (Wildman–Crippen MR) is 51.0 cm³/mol. The first-order chi connectivity index (χ1) is 6.06. The second-order valence-electron chi connectivity index (χ2n) is 3.23. The number of aryl methyl sites for hydroxylation is 3. The molecule has 0 aromatic heterocycles. The lowest BCUT2D eigenvalue weighted by molar-refractivity contribution is -0.104. The highest BCUT2D eigenvalue weighted by atomic mass is 16.2. The minimum absolute atomic E-state index is 0.358. The van der Waals surface area contributed by atoms with Gasteiger partial charge in [-0.3, -0.25) is 9.59 Å². The summed E-state index contributed by atoms with van der Waals surface area (Å²) in [6, 6.07) is 3.69. The first kappa shape index (κ1) is 9.65. The summed E-state index contributed by atoms with van der Waals surface area (Å²) >= 11 is 0. The monoisotopic (exact) mass is 176 g/mol. The summed E-state index contributed by atoms with van der Waals surface area (Å²) in [4.78, 5) is 21.4. The van der Waals surface area contributed by atoms with Crippen LogP contribution in [0.1, 0.15) is 27.0 Å². The molecule has 1 aromatic rings. The number of Topliss-reactive ketones (excluding diaryl/α,β-unsaturated/α-hetero) is 1. The van der Waals surface area contributed by atoms with Gasteiger partial charge in [0.15, 0.2) is 6.29 Å². The normalized spacial score (nSPS) is 9.77. The van der Waals surface area contributed by atoms with E-state index in [4.69, 9.17) is 0 Å². The number of rotatable bonds is 2. The lowest BCUT2D eigenvalue weighted by Gasteiger charge is -2.05. The van der Waals surface area contributed by atoms with Gasteiger partial charge >= 0.3 is 0 Å². The molecule has 0 aliphatic carbocycles. The van der Waals surface area contributed by atoms with E-state index in [1.807, 2.05) is 26.8 Å². The van der Waals surface area contributed by atoms with Crippen LogP contribution in [0.3, 0.4) is 0 Å². The summed E-state index contributed by atoms with van der Waals surface area (Å²) in [5.74, 6) is -0.444. The van der Waals surface area contributed by atoms with Crippen molar-refractivity contribution in [3.63, 3.8) is 0 Å². The molecular formula is C11H12O2. The fourth-order valence-electron chi connectivity index (χ4n) is 1.29. The van der Waals surface area contributed by atoms with Crippen LogP contribution in [0, 0.1) is 20.8 Å². The van der Waals surface area contributed by atoms with E-state index in [2.05, 4.69) is 0 Å². The van der Waals surface area contributed by atoms with Gasteiger partial charge in [0, 0.05) is 5.56 Å². The number of carbonyl (C=O) groups excluding carboxylic acids is 2. The predicted octanol–water partition coefficient (Wildman–Crippen LogP) is 1.99. The summed E-state index contributed by atoms with van der Waals surface area (Å²) in [6.07, 6.45) is 0.358. The molecule has 0 bridgehead atoms. The number of hydrogen-bond donors (Lipinski definition) is 0. The molecule has 0 N–H and O–H groups in total. The topological polar surface area (TPSA) is 34.1 Å². The Labute approximate surface area is 77.6 Å². The van der Waals surface area contributed by atoms with Crippen molar-refractivity contribution >= 4 is 12.1 Å². The Bertz CT molecular complexity index is 365. The highest BCUT2D eigenvalue weighted by Gasteiger charge is 2.08. The first-order valence-corrected chi connectivity index (χ1v) is 4.13. The molecule has 0 aliphatic heterocycles. The molecule has 1 aromatic carbocycles. The average molecular weight is 176 g/mol. The van der Waals surface area contributed by atoms with Gasteiger partial charge < -0.3 is 0 Å². The standard InChI is InChI=1S/C11H12O2/c1-7-4-9(3)10(5-8(7)2)11(13)6-12/h4-6H,1-3H3. The highest BCUT2D eigenvalue weighted by molar-refractivity contribution is 6.33. The van der Waals surface area contributed by atoms with Crippen LogP contribution in [-0.2, 0) is 4.79 Å². The molecule has 0 atom stereocenters. The van der Waals surface area contributed by atoms with E-state index >= 15 is 0 Å². The maximum absolute atomic E-state index is 11.1. The average Bonchev–Trinajstić information content (AvgIpc) is 2.10. The van der Waals surface area contributed by atoms with Crippen molar-refractivity contribution in [2.45, 2.75) is 20.8 Å². The van der Waals surface area contributed by atoms with Crippen LogP contribution in [0.4, 0.5) is 0 Å². The minimum atomic E-state index is -0.444. The Morgan fingerprint density at radius 1 is 1.08 bits per heavy atom. The maximum atomic E-state index is 11.1. The van der Waals surface area contributed by atoms with Gasteiger partial charge in [0.2, 0.25) is 5.78 Å². The van der Waals surface area contributed by atoms with Gasteiger partial charge in [0.05, 0.1) is 0 Å². The zero-order valence-electron chi connectivity index (χ0n) is 8.05. The number of hydrogen-bond acceptors (Lipinski definition) is 2. The van der Waals surface area contributed by atoms with Crippen molar-refractivity contribution in [2.24, 2.45) is 0 Å². The Morgan fingerprint density at radius 2 is 1.62 bits per heavy atom. The molecule has 0 saturated carbocycles. The first-order valence-electron chi connectivity index (χ1n) is 4.13. The second-order valence-corrected chi connectivity index (χ2v) is 3.23. The summed E-state index contributed by atoms with van der Waals surface area (Å²) in [5, 5.41) is 0. The fraction of sp³-hybridized carbons (Fsp3) is 0.273. The SMILES string of the molecule is Cc1cc(C)c(C(=O)C=O)cc1C. The summed E-state index contributed by atoms with van der Waals surface area (Å²) in [5.41, 5.74) is 3.55. The van der Waals surface area contributed by atoms with E-state index in [0.29, 0.717) is 11.8 Å². The molecule has 0 spiro atoms. The number of benzene rings is 1. The third kappa shape index (κ3) is 1.83. The van der Waals surface area contributed by atoms with Crippen molar-refractivity contribution < 1.29 is 9.59 Å². The van der Waals surface area contributed by atoms with Crippen LogP contribution < -0.4 is 0 Å². The second kappa shape index (κ2) is 3.52. The Kier molecular flexibility index (Phi) is 2.61. The fourth-order valence-corrected chi connectivity index (χ4v) is 1.29. The van der Waals surface area contributed by atoms with E-state index in [1.54, 1.807) is 6.07 Å². The van der Waals surface area contributed by atoms with Crippen molar-refractivity contribution in [1.29, 1.82) is 0 Å². The number of carbonyl (C=O) groups is 2. The zero-order valence-corrected chi connectivity index (χ0v) is 8.05. The van der Waals surface area contributed by atoms with E-state index < -0.39 is 5.78 Å². The van der Waals surface area contributed by atoms with Crippen molar-refractivity contribution in [3.05, 3.63) is 34.4 Å². The van der Waals surface area contributed by atoms with E-state index in [0.717, 1.165) is 16.7 Å². The third-order valence-corrected chi connectivity index (χ3v) is 2.21. The minimum Gasteiger partial charge on any atom is -0.294 e. The molecule has 13 heavy (non-hydrogen) atoms. The smallest absolute Gasteiger partial charge is 0.225 e. The summed E-state index contributed by atoms with van der Waals surface area (Å²) in [6.45, 7) is 5.75. The zero-order chi connectivity index (χ0) is 10.0. The van der Waals surface area contributed by atoms with Gasteiger partial charge in [-0.05, 0) is 43.5 Å². The van der Waals surface area contributed by atoms with Crippen LogP contribution in [0.2, 0.25) is 0 Å². The van der Waals surface area contributed by atoms with Crippen LogP contribution in [-0.4, -0.2) is 12.1 Å². The van der Waals surface area contributed by atoms with E-state index in [1.165, 1.54) is 0 Å². The molecule has 0 heterocycles. The quantitative estimate of drug-likeness (QED) is 0.392. The molecule has 0 fully saturated rings. The van der Waals surface area contributed by atoms with Crippen molar-refractivity contribution in [3.8, 4) is 0 Å². The number of aldehydes is 1. The van der Waals surface area contributed by atoms with Gasteiger partial charge in [-0.1, -0.05) is 6.07 Å². The van der Waals surface area contributed by atoms with Crippen LogP contribution >= 0.6 is 0 Å². The molecule has 2 nitrogen and oxygen atoms in total. The van der Waals surface area contributed by atoms with Gasteiger partial charge in [0.25, 0.3) is 0 Å². The van der Waals surface area contributed by atoms with E-state index in [-0.39, 0.29) is 0 Å². The van der Waals surface area contributed by atoms with E-state index in [9.17, 15) is 9.59 Å². The Morgan fingerprint density at radius 3 is 2.15 bits per heavy atom. The third-order valence-electron chi connectivity index (χ3n) is 2.21. The van der Waals surface area contributed by atoms with Crippen molar-refractivity contribution in [1.82, 2.24) is 0 Å². The molecule has 0 aliphatic rings. The van der Waals surface area contributed by atoms with Gasteiger partial charge in [-0.25, -0.2) is 0 Å². The lowest BCUT2D eigenvalue weighted by Crippen LogP contribution is -2.03. The summed E-state index contributed by atoms with van der Waals surface area (Å²) < 4.78 is 0. The summed E-state index contributed by atoms with van der Waals surface area (Å²) in [7, 11) is 0. The molecule has 2 heteroatoms. The van der Waals surface area contributed by atoms with Gasteiger partial charge in [0.1, 0.15) is 0 Å². The molecule has 0 amide bonds. The number of ketones is 1. The molecule has 0 unspecified atom stereocenters. The molecule has 0 radical (unpaired) electrons. The Hall–Kier alpha value is -1.44. The maximum Gasteiger partial charge on any atom is 0.225 e. The van der Waals surface area contributed by atoms with Crippen LogP contribution in [0.15, 0.2) is 12.1 Å². The van der Waals surface area contributed by atoms with Crippen LogP contribution in [0.25, 0.3) is 0 Å². The molecule has 68 valence electrons. The highest BCUT2D eigenvalue weighted by Crippen LogP contribution is 2.15. The van der Waals surface area contributed by atoms with Crippen LogP contribution in [0.5, 0.6) is 0 Å². The molecule has 1 rings (SSSR count). The van der Waals surface area contributed by atoms with Gasteiger partial charge in [-0.2, -0.15) is 0 Å². The Balaban J connectivity index is 3.31.